The lowest BCUT2D eigenvalue weighted by Crippen LogP contribution is -2.01. The number of nitrogens with zero attached hydrogens (tertiary/aromatic N) is 4. The largest absolute Gasteiger partial charge is 0.478 e. The molecule has 0 amide bonds. The van der Waals surface area contributed by atoms with Crippen LogP contribution < -0.4 is 0 Å². The summed E-state index contributed by atoms with van der Waals surface area (Å²) in [6, 6.07) is 3.52. The second-order valence-corrected chi connectivity index (χ2v) is 3.15. The van der Waals surface area contributed by atoms with Gasteiger partial charge in [-0.05, 0) is 17.2 Å². The van der Waals surface area contributed by atoms with Gasteiger partial charge in [-0.2, -0.15) is 0 Å². The molecule has 0 fully saturated rings. The summed E-state index contributed by atoms with van der Waals surface area (Å²) in [6.45, 7) is 0.0759. The number of nitro benzene ring substituents is 1. The Bertz CT molecular complexity index is 561. The minimum absolute atomic E-state index is 0.0759. The highest BCUT2D eigenvalue weighted by Crippen LogP contribution is 2.19. The smallest absolute Gasteiger partial charge is 0.336 e. The van der Waals surface area contributed by atoms with Gasteiger partial charge >= 0.3 is 5.97 Å². The number of rotatable bonds is 5. The number of carbonyl (C=O) groups is 1. The van der Waals surface area contributed by atoms with Gasteiger partial charge in [-0.1, -0.05) is 17.3 Å². The average molecular weight is 248 g/mol. The number of nitro groups is 1. The van der Waals surface area contributed by atoms with Gasteiger partial charge in [0.25, 0.3) is 5.69 Å². The monoisotopic (exact) mass is 248 g/mol. The van der Waals surface area contributed by atoms with Crippen LogP contribution in [0.4, 0.5) is 5.69 Å². The predicted octanol–water partition coefficient (Wildman–Crippen LogP) is 2.62. The van der Waals surface area contributed by atoms with Crippen molar-refractivity contribution in [3.63, 3.8) is 0 Å². The van der Waals surface area contributed by atoms with Gasteiger partial charge in [0.05, 0.1) is 10.5 Å². The van der Waals surface area contributed by atoms with E-state index in [-0.39, 0.29) is 17.8 Å². The Morgan fingerprint density at radius 2 is 2.33 bits per heavy atom. The first kappa shape index (κ1) is 13.2. The first-order chi connectivity index (χ1) is 8.56. The van der Waals surface area contributed by atoms with Gasteiger partial charge in [-0.3, -0.25) is 10.1 Å². The first-order valence-corrected chi connectivity index (χ1v) is 4.75. The van der Waals surface area contributed by atoms with Crippen LogP contribution in [0.5, 0.6) is 0 Å². The third-order valence-corrected chi connectivity index (χ3v) is 2.03. The zero-order valence-corrected chi connectivity index (χ0v) is 9.05. The predicted molar refractivity (Wildman–Crippen MR) is 63.1 cm³/mol. The fourth-order valence-corrected chi connectivity index (χ4v) is 1.25. The lowest BCUT2D eigenvalue weighted by Gasteiger charge is -2.00. The van der Waals surface area contributed by atoms with E-state index in [9.17, 15) is 14.9 Å². The summed E-state index contributed by atoms with van der Waals surface area (Å²) in [6.07, 6.45) is 2.90. The van der Waals surface area contributed by atoms with Gasteiger partial charge in [0.15, 0.2) is 0 Å². The van der Waals surface area contributed by atoms with E-state index in [4.69, 9.17) is 10.6 Å². The molecule has 92 valence electrons. The number of carboxylic acids is 1. The van der Waals surface area contributed by atoms with Crippen molar-refractivity contribution in [1.82, 2.24) is 0 Å². The van der Waals surface area contributed by atoms with Gasteiger partial charge in [0.1, 0.15) is 0 Å². The van der Waals surface area contributed by atoms with Gasteiger partial charge in [0.2, 0.25) is 0 Å². The van der Waals surface area contributed by atoms with E-state index < -0.39 is 10.9 Å². The summed E-state index contributed by atoms with van der Waals surface area (Å²) < 4.78 is 0. The minimum Gasteiger partial charge on any atom is -0.478 e. The zero-order chi connectivity index (χ0) is 13.5. The van der Waals surface area contributed by atoms with E-state index in [0.29, 0.717) is 5.56 Å². The summed E-state index contributed by atoms with van der Waals surface area (Å²) in [7, 11) is 0. The highest BCUT2D eigenvalue weighted by atomic mass is 16.6. The molecule has 0 unspecified atom stereocenters. The Balaban J connectivity index is 3.11. The molecule has 1 aromatic rings. The fraction of sp³-hybridized carbons (Fsp3) is 0.100. The van der Waals surface area contributed by atoms with Crippen molar-refractivity contribution in [2.75, 3.05) is 6.54 Å². The Hall–Kier alpha value is -2.86. The van der Waals surface area contributed by atoms with Gasteiger partial charge in [-0.15, -0.1) is 0 Å². The number of benzene rings is 1. The number of carboxylic acid groups (broad SMARTS) is 1. The van der Waals surface area contributed by atoms with Crippen LogP contribution in [0.15, 0.2) is 29.4 Å². The van der Waals surface area contributed by atoms with Gasteiger partial charge in [0, 0.05) is 23.6 Å². The molecule has 1 aromatic carbocycles. The fourth-order valence-electron chi connectivity index (χ4n) is 1.25. The molecule has 8 heteroatoms. The molecule has 18 heavy (non-hydrogen) atoms. The maximum Gasteiger partial charge on any atom is 0.336 e. The van der Waals surface area contributed by atoms with Crippen LogP contribution in [-0.2, 0) is 0 Å². The highest BCUT2D eigenvalue weighted by molar-refractivity contribution is 5.93. The van der Waals surface area contributed by atoms with Crippen LogP contribution in [0.25, 0.3) is 16.5 Å². The third kappa shape index (κ3) is 3.32. The second-order valence-electron chi connectivity index (χ2n) is 3.15. The summed E-state index contributed by atoms with van der Waals surface area (Å²) >= 11 is 0. The van der Waals surface area contributed by atoms with E-state index in [1.807, 2.05) is 0 Å². The minimum atomic E-state index is -1.26. The van der Waals surface area contributed by atoms with Crippen molar-refractivity contribution in [2.24, 2.45) is 5.11 Å². The second kappa shape index (κ2) is 6.02. The Kier molecular flexibility index (Phi) is 4.42. The Morgan fingerprint density at radius 1 is 1.61 bits per heavy atom. The van der Waals surface area contributed by atoms with E-state index in [2.05, 4.69) is 10.0 Å². The first-order valence-electron chi connectivity index (χ1n) is 4.75. The summed E-state index contributed by atoms with van der Waals surface area (Å²) in [4.78, 5) is 23.3. The standard InChI is InChI=1S/C10H8N4O4/c11-13-12-5-1-2-7-3-4-8(14(17)18)6-9(7)10(15)16/h1-4,6H,5H2,(H,15,16). The molecule has 0 spiro atoms. The van der Waals surface area contributed by atoms with Crippen molar-refractivity contribution in [1.29, 1.82) is 0 Å². The molecule has 0 saturated carbocycles. The molecule has 0 atom stereocenters. The highest BCUT2D eigenvalue weighted by Gasteiger charge is 2.14. The zero-order valence-electron chi connectivity index (χ0n) is 9.05. The third-order valence-electron chi connectivity index (χ3n) is 2.03. The van der Waals surface area contributed by atoms with Crippen molar-refractivity contribution in [3.8, 4) is 0 Å². The molecule has 1 N–H and O–H groups in total. The van der Waals surface area contributed by atoms with E-state index >= 15 is 0 Å². The lowest BCUT2D eigenvalue weighted by atomic mass is 10.1. The normalized spacial score (nSPS) is 10.0. The molecular formula is C10H8N4O4. The number of aromatic carboxylic acids is 1. The van der Waals surface area contributed by atoms with Gasteiger partial charge < -0.3 is 5.11 Å². The van der Waals surface area contributed by atoms with Crippen LogP contribution in [0.3, 0.4) is 0 Å². The molecule has 0 radical (unpaired) electrons. The summed E-state index contributed by atoms with van der Waals surface area (Å²) in [5.74, 6) is -1.26. The molecule has 0 aliphatic rings. The number of hydrogen-bond donors (Lipinski definition) is 1. The van der Waals surface area contributed by atoms with E-state index in [1.54, 1.807) is 0 Å². The van der Waals surface area contributed by atoms with Crippen molar-refractivity contribution in [2.45, 2.75) is 0 Å². The van der Waals surface area contributed by atoms with Crippen LogP contribution in [-0.4, -0.2) is 22.5 Å². The Labute approximate surface area is 101 Å². The SMILES string of the molecule is [N-]=[N+]=NCC=Cc1ccc([N+](=O)[O-])cc1C(=O)O. The Morgan fingerprint density at radius 3 is 2.89 bits per heavy atom. The lowest BCUT2D eigenvalue weighted by molar-refractivity contribution is -0.384. The van der Waals surface area contributed by atoms with Crippen LogP contribution >= 0.6 is 0 Å². The van der Waals surface area contributed by atoms with Crippen molar-refractivity contribution >= 4 is 17.7 Å². The van der Waals surface area contributed by atoms with E-state index in [1.165, 1.54) is 24.3 Å². The molecule has 0 heterocycles. The quantitative estimate of drug-likeness (QED) is 0.282. The topological polar surface area (TPSA) is 129 Å². The van der Waals surface area contributed by atoms with Crippen LogP contribution in [0.1, 0.15) is 15.9 Å². The number of azide groups is 1. The van der Waals surface area contributed by atoms with Crippen molar-refractivity contribution < 1.29 is 14.8 Å². The maximum atomic E-state index is 10.9. The molecule has 0 aliphatic carbocycles. The number of non-ortho nitro benzene ring substituents is 1. The molecule has 1 rings (SSSR count). The summed E-state index contributed by atoms with van der Waals surface area (Å²) in [5, 5.41) is 22.7. The molecule has 8 nitrogen and oxygen atoms in total. The van der Waals surface area contributed by atoms with E-state index in [0.717, 1.165) is 6.07 Å². The molecule has 0 bridgehead atoms. The van der Waals surface area contributed by atoms with Crippen molar-refractivity contribution in [3.05, 3.63) is 56.0 Å². The molecular weight excluding hydrogens is 240 g/mol. The van der Waals surface area contributed by atoms with Crippen LogP contribution in [0, 0.1) is 10.1 Å². The maximum absolute atomic E-state index is 10.9. The number of hydrogen-bond acceptors (Lipinski definition) is 4. The van der Waals surface area contributed by atoms with Gasteiger partial charge in [-0.25, -0.2) is 4.79 Å². The molecule has 0 aliphatic heterocycles. The molecule has 0 saturated heterocycles. The summed E-state index contributed by atoms with van der Waals surface area (Å²) in [5.41, 5.74) is 7.89. The average Bonchev–Trinajstić information content (AvgIpc) is 2.34. The van der Waals surface area contributed by atoms with Crippen LogP contribution in [0.2, 0.25) is 0 Å². The molecule has 0 aromatic heterocycles.